The fraction of sp³-hybridized carbons (Fsp3) is 0.214. The Balaban J connectivity index is 2.45. The number of hydrogen-bond acceptors (Lipinski definition) is 5. The summed E-state index contributed by atoms with van der Waals surface area (Å²) in [6.07, 6.45) is 1.15. The van der Waals surface area contributed by atoms with Crippen LogP contribution in [0.3, 0.4) is 0 Å². The summed E-state index contributed by atoms with van der Waals surface area (Å²) in [5.41, 5.74) is 0.130. The maximum Gasteiger partial charge on any atom is 0.265 e. The Hall–Kier alpha value is -2.19. The van der Waals surface area contributed by atoms with Crippen LogP contribution >= 0.6 is 0 Å². The van der Waals surface area contributed by atoms with Gasteiger partial charge in [-0.2, -0.15) is 0 Å². The molecular formula is C14H15FN2O4S. The molecule has 0 spiro atoms. The second-order valence-electron chi connectivity index (χ2n) is 4.32. The molecule has 0 saturated carbocycles. The van der Waals surface area contributed by atoms with Gasteiger partial charge in [-0.05, 0) is 24.3 Å². The molecule has 1 N–H and O–H groups in total. The SMILES string of the molecule is COc1ccc(S(=O)(=O)N(CCO)c2cccc(F)c2)cn1. The molecule has 1 heterocycles. The molecule has 1 aromatic carbocycles. The fourth-order valence-corrected chi connectivity index (χ4v) is 3.27. The van der Waals surface area contributed by atoms with Crippen molar-refractivity contribution in [1.29, 1.82) is 0 Å². The number of methoxy groups -OCH3 is 1. The van der Waals surface area contributed by atoms with Gasteiger partial charge in [0.2, 0.25) is 5.88 Å². The van der Waals surface area contributed by atoms with E-state index in [1.54, 1.807) is 0 Å². The molecule has 0 aliphatic heterocycles. The molecule has 0 saturated heterocycles. The van der Waals surface area contributed by atoms with E-state index in [0.717, 1.165) is 16.6 Å². The van der Waals surface area contributed by atoms with E-state index < -0.39 is 22.4 Å². The van der Waals surface area contributed by atoms with Crippen LogP contribution in [-0.4, -0.2) is 38.8 Å². The first-order chi connectivity index (χ1) is 10.5. The lowest BCUT2D eigenvalue weighted by molar-refractivity contribution is 0.306. The molecule has 118 valence electrons. The summed E-state index contributed by atoms with van der Waals surface area (Å²) in [5.74, 6) is -0.290. The van der Waals surface area contributed by atoms with Gasteiger partial charge in [0, 0.05) is 6.07 Å². The van der Waals surface area contributed by atoms with Gasteiger partial charge in [0.15, 0.2) is 0 Å². The van der Waals surface area contributed by atoms with Gasteiger partial charge < -0.3 is 9.84 Å². The molecule has 8 heteroatoms. The molecule has 0 amide bonds. The standard InChI is InChI=1S/C14H15FN2O4S/c1-21-14-6-5-13(10-16-14)22(19,20)17(7-8-18)12-4-2-3-11(15)9-12/h2-6,9-10,18H,7-8H2,1H3. The third kappa shape index (κ3) is 3.34. The number of aliphatic hydroxyl groups is 1. The highest BCUT2D eigenvalue weighted by molar-refractivity contribution is 7.92. The van der Waals surface area contributed by atoms with Gasteiger partial charge in [-0.15, -0.1) is 0 Å². The largest absolute Gasteiger partial charge is 0.481 e. The third-order valence-electron chi connectivity index (χ3n) is 2.91. The van der Waals surface area contributed by atoms with Crippen LogP contribution in [0.5, 0.6) is 5.88 Å². The third-order valence-corrected chi connectivity index (χ3v) is 4.72. The van der Waals surface area contributed by atoms with Crippen molar-refractivity contribution in [3.8, 4) is 5.88 Å². The zero-order valence-electron chi connectivity index (χ0n) is 11.8. The molecule has 0 radical (unpaired) electrons. The van der Waals surface area contributed by atoms with Gasteiger partial charge in [-0.3, -0.25) is 4.31 Å². The van der Waals surface area contributed by atoms with Gasteiger partial charge >= 0.3 is 0 Å². The number of halogens is 1. The summed E-state index contributed by atoms with van der Waals surface area (Å²) in [6, 6.07) is 7.90. The predicted molar refractivity (Wildman–Crippen MR) is 78.8 cm³/mol. The number of aliphatic hydroxyl groups excluding tert-OH is 1. The Labute approximate surface area is 127 Å². The maximum atomic E-state index is 13.3. The van der Waals surface area contributed by atoms with Gasteiger partial charge in [-0.25, -0.2) is 17.8 Å². The summed E-state index contributed by atoms with van der Waals surface area (Å²) in [4.78, 5) is 3.77. The van der Waals surface area contributed by atoms with E-state index in [1.165, 1.54) is 37.4 Å². The Kier molecular flexibility index (Phi) is 4.94. The lowest BCUT2D eigenvalue weighted by atomic mass is 10.3. The number of rotatable bonds is 6. The summed E-state index contributed by atoms with van der Waals surface area (Å²) in [5, 5.41) is 9.12. The molecular weight excluding hydrogens is 311 g/mol. The van der Waals surface area contributed by atoms with Crippen molar-refractivity contribution >= 4 is 15.7 Å². The number of pyridine rings is 1. The molecule has 0 bridgehead atoms. The van der Waals surface area contributed by atoms with Crippen LogP contribution in [0.4, 0.5) is 10.1 Å². The van der Waals surface area contributed by atoms with Crippen molar-refractivity contribution in [2.24, 2.45) is 0 Å². The highest BCUT2D eigenvalue weighted by Crippen LogP contribution is 2.24. The summed E-state index contributed by atoms with van der Waals surface area (Å²) >= 11 is 0. The first kappa shape index (κ1) is 16.2. The summed E-state index contributed by atoms with van der Waals surface area (Å²) < 4.78 is 44.4. The normalized spacial score (nSPS) is 11.2. The molecule has 22 heavy (non-hydrogen) atoms. The lowest BCUT2D eigenvalue weighted by Gasteiger charge is -2.23. The quantitative estimate of drug-likeness (QED) is 0.868. The topological polar surface area (TPSA) is 79.7 Å². The minimum absolute atomic E-state index is 0.0778. The Morgan fingerprint density at radius 3 is 2.64 bits per heavy atom. The van der Waals surface area contributed by atoms with Gasteiger partial charge in [0.05, 0.1) is 32.1 Å². The zero-order chi connectivity index (χ0) is 16.2. The van der Waals surface area contributed by atoms with Crippen LogP contribution in [-0.2, 0) is 10.0 Å². The number of nitrogens with zero attached hydrogens (tertiary/aromatic N) is 2. The molecule has 0 atom stereocenters. The second-order valence-corrected chi connectivity index (χ2v) is 6.18. The maximum absolute atomic E-state index is 13.3. The smallest absolute Gasteiger partial charge is 0.265 e. The summed E-state index contributed by atoms with van der Waals surface area (Å²) in [7, 11) is -2.55. The molecule has 2 rings (SSSR count). The van der Waals surface area contributed by atoms with Crippen LogP contribution in [0.25, 0.3) is 0 Å². The minimum atomic E-state index is -3.97. The average molecular weight is 326 g/mol. The van der Waals surface area contributed by atoms with Crippen LogP contribution in [0.1, 0.15) is 0 Å². The van der Waals surface area contributed by atoms with Crippen LogP contribution in [0.2, 0.25) is 0 Å². The number of aromatic nitrogens is 1. The zero-order valence-corrected chi connectivity index (χ0v) is 12.6. The van der Waals surface area contributed by atoms with E-state index in [2.05, 4.69) is 4.98 Å². The minimum Gasteiger partial charge on any atom is -0.481 e. The highest BCUT2D eigenvalue weighted by Gasteiger charge is 2.25. The van der Waals surface area contributed by atoms with E-state index >= 15 is 0 Å². The van der Waals surface area contributed by atoms with Crippen molar-refractivity contribution in [2.45, 2.75) is 4.90 Å². The predicted octanol–water partition coefficient (Wildman–Crippen LogP) is 1.42. The molecule has 0 aliphatic rings. The molecule has 6 nitrogen and oxygen atoms in total. The first-order valence-electron chi connectivity index (χ1n) is 6.38. The number of ether oxygens (including phenoxy) is 1. The van der Waals surface area contributed by atoms with Crippen molar-refractivity contribution in [3.05, 3.63) is 48.4 Å². The summed E-state index contributed by atoms with van der Waals surface area (Å²) in [6.45, 7) is -0.600. The molecule has 0 fully saturated rings. The number of sulfonamides is 1. The van der Waals surface area contributed by atoms with Crippen molar-refractivity contribution in [2.75, 3.05) is 24.6 Å². The van der Waals surface area contributed by atoms with E-state index in [-0.39, 0.29) is 23.0 Å². The molecule has 0 unspecified atom stereocenters. The van der Waals surface area contributed by atoms with Gasteiger partial charge in [0.1, 0.15) is 10.7 Å². The van der Waals surface area contributed by atoms with Crippen molar-refractivity contribution in [1.82, 2.24) is 4.98 Å². The van der Waals surface area contributed by atoms with Crippen LogP contribution in [0, 0.1) is 5.82 Å². The van der Waals surface area contributed by atoms with E-state index in [4.69, 9.17) is 9.84 Å². The molecule has 0 aliphatic carbocycles. The average Bonchev–Trinajstić information content (AvgIpc) is 2.52. The van der Waals surface area contributed by atoms with Crippen LogP contribution < -0.4 is 9.04 Å². The van der Waals surface area contributed by atoms with E-state index in [9.17, 15) is 12.8 Å². The van der Waals surface area contributed by atoms with Crippen molar-refractivity contribution in [3.63, 3.8) is 0 Å². The first-order valence-corrected chi connectivity index (χ1v) is 7.82. The highest BCUT2D eigenvalue weighted by atomic mass is 32.2. The Morgan fingerprint density at radius 1 is 1.32 bits per heavy atom. The number of anilines is 1. The Morgan fingerprint density at radius 2 is 2.09 bits per heavy atom. The van der Waals surface area contributed by atoms with E-state index in [0.29, 0.717) is 0 Å². The van der Waals surface area contributed by atoms with Crippen LogP contribution in [0.15, 0.2) is 47.5 Å². The molecule has 2 aromatic rings. The number of hydrogen-bond donors (Lipinski definition) is 1. The monoisotopic (exact) mass is 326 g/mol. The molecule has 1 aromatic heterocycles. The van der Waals surface area contributed by atoms with E-state index in [1.807, 2.05) is 0 Å². The van der Waals surface area contributed by atoms with Crippen molar-refractivity contribution < 1.29 is 22.7 Å². The van der Waals surface area contributed by atoms with Gasteiger partial charge in [-0.1, -0.05) is 6.07 Å². The Bertz CT molecular complexity index is 735. The van der Waals surface area contributed by atoms with Gasteiger partial charge in [0.25, 0.3) is 10.0 Å². The fourth-order valence-electron chi connectivity index (χ4n) is 1.88. The lowest BCUT2D eigenvalue weighted by Crippen LogP contribution is -2.33. The second kappa shape index (κ2) is 6.71. The number of benzene rings is 1.